The lowest BCUT2D eigenvalue weighted by Gasteiger charge is -2.24. The Bertz CT molecular complexity index is 513. The van der Waals surface area contributed by atoms with Crippen molar-refractivity contribution in [3.05, 3.63) is 23.9 Å². The van der Waals surface area contributed by atoms with Gasteiger partial charge >= 0.3 is 0 Å². The first-order valence-corrected chi connectivity index (χ1v) is 6.11. The van der Waals surface area contributed by atoms with Crippen molar-refractivity contribution in [1.29, 1.82) is 0 Å². The summed E-state index contributed by atoms with van der Waals surface area (Å²) >= 11 is 0. The molecule has 0 saturated heterocycles. The van der Waals surface area contributed by atoms with Gasteiger partial charge in [-0.05, 0) is 44.9 Å². The minimum atomic E-state index is 0.0364. The average molecular weight is 232 g/mol. The van der Waals surface area contributed by atoms with Crippen LogP contribution >= 0.6 is 0 Å². The molecule has 4 nitrogen and oxygen atoms in total. The van der Waals surface area contributed by atoms with Crippen LogP contribution in [0.25, 0.3) is 5.65 Å². The van der Waals surface area contributed by atoms with Crippen molar-refractivity contribution in [2.45, 2.75) is 46.1 Å². The molecular weight excluding hydrogens is 212 g/mol. The Morgan fingerprint density at radius 2 is 2.18 bits per heavy atom. The third-order valence-electron chi connectivity index (χ3n) is 2.82. The fourth-order valence-electron chi connectivity index (χ4n) is 2.03. The lowest BCUT2D eigenvalue weighted by molar-refractivity contribution is 0.507. The summed E-state index contributed by atoms with van der Waals surface area (Å²) in [5.41, 5.74) is 2.12. The number of hydrogen-bond acceptors (Lipinski definition) is 3. The topological polar surface area (TPSA) is 42.2 Å². The number of aryl methyl sites for hydroxylation is 1. The second-order valence-corrected chi connectivity index (χ2v) is 5.20. The molecule has 0 spiro atoms. The first-order valence-electron chi connectivity index (χ1n) is 6.11. The van der Waals surface area contributed by atoms with Crippen molar-refractivity contribution in [3.8, 4) is 0 Å². The van der Waals surface area contributed by atoms with Gasteiger partial charge in [0.25, 0.3) is 0 Å². The van der Waals surface area contributed by atoms with E-state index in [4.69, 9.17) is 0 Å². The third kappa shape index (κ3) is 2.75. The van der Waals surface area contributed by atoms with E-state index >= 15 is 0 Å². The van der Waals surface area contributed by atoms with Gasteiger partial charge in [-0.1, -0.05) is 13.3 Å². The van der Waals surface area contributed by atoms with Gasteiger partial charge in [-0.3, -0.25) is 0 Å². The van der Waals surface area contributed by atoms with Gasteiger partial charge in [-0.25, -0.2) is 4.52 Å². The quantitative estimate of drug-likeness (QED) is 0.881. The van der Waals surface area contributed by atoms with Crippen molar-refractivity contribution >= 4 is 11.6 Å². The summed E-state index contributed by atoms with van der Waals surface area (Å²) in [5.74, 6) is 0.703. The van der Waals surface area contributed by atoms with E-state index < -0.39 is 0 Å². The maximum atomic E-state index is 4.48. The highest BCUT2D eigenvalue weighted by Crippen LogP contribution is 2.17. The number of nitrogens with one attached hydrogen (secondary N) is 1. The van der Waals surface area contributed by atoms with Crippen LogP contribution in [0.5, 0.6) is 0 Å². The summed E-state index contributed by atoms with van der Waals surface area (Å²) in [7, 11) is 0. The highest BCUT2D eigenvalue weighted by Gasteiger charge is 2.18. The minimum Gasteiger partial charge on any atom is -0.348 e. The molecule has 1 N–H and O–H groups in total. The van der Waals surface area contributed by atoms with E-state index in [2.05, 4.69) is 43.1 Å². The Balaban J connectivity index is 2.25. The zero-order valence-corrected chi connectivity index (χ0v) is 11.0. The normalized spacial score (nSPS) is 12.0. The zero-order chi connectivity index (χ0) is 12.5. The van der Waals surface area contributed by atoms with Gasteiger partial charge in [0.15, 0.2) is 5.65 Å². The largest absolute Gasteiger partial charge is 0.348 e. The van der Waals surface area contributed by atoms with E-state index in [9.17, 15) is 0 Å². The highest BCUT2D eigenvalue weighted by molar-refractivity contribution is 5.45. The molecule has 0 aliphatic carbocycles. The van der Waals surface area contributed by atoms with E-state index in [1.807, 2.05) is 18.3 Å². The second-order valence-electron chi connectivity index (χ2n) is 5.20. The van der Waals surface area contributed by atoms with E-state index in [0.29, 0.717) is 5.95 Å². The maximum Gasteiger partial charge on any atom is 0.243 e. The fourth-order valence-corrected chi connectivity index (χ4v) is 2.03. The second kappa shape index (κ2) is 4.35. The van der Waals surface area contributed by atoms with Gasteiger partial charge in [0.2, 0.25) is 5.95 Å². The van der Waals surface area contributed by atoms with Crippen molar-refractivity contribution in [1.82, 2.24) is 14.6 Å². The lowest BCUT2D eigenvalue weighted by Crippen LogP contribution is -2.31. The number of pyridine rings is 1. The van der Waals surface area contributed by atoms with Crippen LogP contribution in [-0.2, 0) is 0 Å². The maximum absolute atomic E-state index is 4.48. The van der Waals surface area contributed by atoms with Crippen molar-refractivity contribution in [3.63, 3.8) is 0 Å². The Morgan fingerprint density at radius 3 is 2.88 bits per heavy atom. The third-order valence-corrected chi connectivity index (χ3v) is 2.82. The van der Waals surface area contributed by atoms with Crippen LogP contribution in [0.2, 0.25) is 0 Å². The summed E-state index contributed by atoms with van der Waals surface area (Å²) in [4.78, 5) is 4.48. The van der Waals surface area contributed by atoms with Crippen LogP contribution in [-0.4, -0.2) is 20.1 Å². The SMILES string of the molecule is CCCC(C)(C)Nc1nc2cc(C)ccn2n1. The molecule has 0 radical (unpaired) electrons. The van der Waals surface area contributed by atoms with Crippen molar-refractivity contribution in [2.24, 2.45) is 0 Å². The summed E-state index contributed by atoms with van der Waals surface area (Å²) in [6, 6.07) is 4.06. The molecule has 0 saturated carbocycles. The molecule has 0 atom stereocenters. The number of nitrogens with zero attached hydrogens (tertiary/aromatic N) is 3. The molecular formula is C13H20N4. The number of aromatic nitrogens is 3. The number of hydrogen-bond donors (Lipinski definition) is 1. The van der Waals surface area contributed by atoms with Gasteiger partial charge in [-0.2, -0.15) is 4.98 Å². The van der Waals surface area contributed by atoms with Crippen LogP contribution in [0.1, 0.15) is 39.2 Å². The molecule has 2 aromatic heterocycles. The number of fused-ring (bicyclic) bond motifs is 1. The van der Waals surface area contributed by atoms with Crippen molar-refractivity contribution < 1.29 is 0 Å². The lowest BCUT2D eigenvalue weighted by atomic mass is 9.99. The molecule has 0 amide bonds. The van der Waals surface area contributed by atoms with Gasteiger partial charge < -0.3 is 5.32 Å². The molecule has 4 heteroatoms. The van der Waals surface area contributed by atoms with Crippen LogP contribution in [0.3, 0.4) is 0 Å². The average Bonchev–Trinajstić information content (AvgIpc) is 2.57. The first kappa shape index (κ1) is 11.9. The number of rotatable bonds is 4. The van der Waals surface area contributed by atoms with Crippen molar-refractivity contribution in [2.75, 3.05) is 5.32 Å². The Morgan fingerprint density at radius 1 is 1.41 bits per heavy atom. The minimum absolute atomic E-state index is 0.0364. The molecule has 2 rings (SSSR count). The van der Waals surface area contributed by atoms with E-state index in [0.717, 1.165) is 18.5 Å². The van der Waals surface area contributed by atoms with E-state index in [1.165, 1.54) is 5.56 Å². The van der Waals surface area contributed by atoms with Crippen LogP contribution in [0.4, 0.5) is 5.95 Å². The fraction of sp³-hybridized carbons (Fsp3) is 0.538. The summed E-state index contributed by atoms with van der Waals surface area (Å²) in [6.07, 6.45) is 4.18. The molecule has 0 aromatic carbocycles. The molecule has 17 heavy (non-hydrogen) atoms. The molecule has 2 heterocycles. The van der Waals surface area contributed by atoms with Gasteiger partial charge in [-0.15, -0.1) is 5.10 Å². The summed E-state index contributed by atoms with van der Waals surface area (Å²) in [5, 5.41) is 7.80. The molecule has 0 aliphatic heterocycles. The predicted molar refractivity (Wildman–Crippen MR) is 70.3 cm³/mol. The van der Waals surface area contributed by atoms with Gasteiger partial charge in [0, 0.05) is 11.7 Å². The first-order chi connectivity index (χ1) is 8.00. The van der Waals surface area contributed by atoms with Gasteiger partial charge in [0.1, 0.15) is 0 Å². The van der Waals surface area contributed by atoms with Gasteiger partial charge in [0.05, 0.1) is 0 Å². The van der Waals surface area contributed by atoms with E-state index in [-0.39, 0.29) is 5.54 Å². The Kier molecular flexibility index (Phi) is 3.05. The van der Waals surface area contributed by atoms with Crippen LogP contribution in [0, 0.1) is 6.92 Å². The predicted octanol–water partition coefficient (Wildman–Crippen LogP) is 3.03. The molecule has 2 aromatic rings. The Labute approximate surface area is 102 Å². The summed E-state index contributed by atoms with van der Waals surface area (Å²) < 4.78 is 1.80. The smallest absolute Gasteiger partial charge is 0.243 e. The molecule has 0 fully saturated rings. The van der Waals surface area contributed by atoms with E-state index in [1.54, 1.807) is 4.52 Å². The molecule has 0 aliphatic rings. The summed E-state index contributed by atoms with van der Waals surface area (Å²) in [6.45, 7) is 8.59. The molecule has 0 bridgehead atoms. The molecule has 92 valence electrons. The highest BCUT2D eigenvalue weighted by atomic mass is 15.4. The van der Waals surface area contributed by atoms with Crippen LogP contribution < -0.4 is 5.32 Å². The van der Waals surface area contributed by atoms with Crippen LogP contribution in [0.15, 0.2) is 18.3 Å². The number of anilines is 1. The zero-order valence-electron chi connectivity index (χ0n) is 11.0. The monoisotopic (exact) mass is 232 g/mol. The Hall–Kier alpha value is -1.58. The molecule has 0 unspecified atom stereocenters. The standard InChI is InChI=1S/C13H20N4/c1-5-7-13(3,4)15-12-14-11-9-10(2)6-8-17(11)16-12/h6,8-9H,5,7H2,1-4H3,(H,15,16).